The molecule has 0 aliphatic carbocycles. The topological polar surface area (TPSA) is 34.1 Å². The summed E-state index contributed by atoms with van der Waals surface area (Å²) >= 11 is 0. The SMILES string of the molecule is O=[SH](=O)CCP. The van der Waals surface area contributed by atoms with Crippen LogP contribution in [-0.4, -0.2) is 20.3 Å². The van der Waals surface area contributed by atoms with E-state index in [0.717, 1.165) is 0 Å². The van der Waals surface area contributed by atoms with Gasteiger partial charge < -0.3 is 0 Å². The average molecular weight is 126 g/mol. The number of hydrogen-bond acceptors (Lipinski definition) is 2. The van der Waals surface area contributed by atoms with Crippen LogP contribution in [0.15, 0.2) is 0 Å². The van der Waals surface area contributed by atoms with E-state index in [1.165, 1.54) is 0 Å². The van der Waals surface area contributed by atoms with Crippen LogP contribution < -0.4 is 0 Å². The molecule has 6 heavy (non-hydrogen) atoms. The van der Waals surface area contributed by atoms with Crippen molar-refractivity contribution in [3.63, 3.8) is 0 Å². The van der Waals surface area contributed by atoms with Gasteiger partial charge in [0.1, 0.15) is 10.7 Å². The van der Waals surface area contributed by atoms with Crippen LogP contribution in [0.1, 0.15) is 0 Å². The minimum Gasteiger partial charge on any atom is -0.232 e. The minimum atomic E-state index is -2.12. The summed E-state index contributed by atoms with van der Waals surface area (Å²) in [7, 11) is 0.218. The number of thiol groups is 1. The largest absolute Gasteiger partial charge is 0.232 e. The molecule has 0 rings (SSSR count). The molecule has 1 unspecified atom stereocenters. The summed E-state index contributed by atoms with van der Waals surface area (Å²) in [5.41, 5.74) is 0. The molecule has 38 valence electrons. The molecule has 0 aromatic rings. The highest BCUT2D eigenvalue weighted by Gasteiger charge is 1.76. The lowest BCUT2D eigenvalue weighted by molar-refractivity contribution is 0.616. The Labute approximate surface area is 41.1 Å². The van der Waals surface area contributed by atoms with Crippen LogP contribution >= 0.6 is 9.24 Å². The lowest BCUT2D eigenvalue weighted by Crippen LogP contribution is -1.84. The average Bonchev–Trinajstić information content (AvgIpc) is 1.35. The highest BCUT2D eigenvalue weighted by atomic mass is 32.2. The lowest BCUT2D eigenvalue weighted by atomic mass is 11.0. The molecule has 0 aromatic heterocycles. The van der Waals surface area contributed by atoms with E-state index in [4.69, 9.17) is 0 Å². The molecule has 0 spiro atoms. The van der Waals surface area contributed by atoms with Gasteiger partial charge in [0, 0.05) is 0 Å². The molecule has 0 aliphatic heterocycles. The van der Waals surface area contributed by atoms with Gasteiger partial charge in [0.05, 0.1) is 5.75 Å². The highest BCUT2D eigenvalue weighted by Crippen LogP contribution is 1.76. The molecule has 0 saturated heterocycles. The van der Waals surface area contributed by atoms with Gasteiger partial charge in [-0.15, -0.1) is 9.24 Å². The first kappa shape index (κ1) is 6.38. The Kier molecular flexibility index (Phi) is 3.79. The molecule has 0 saturated carbocycles. The Morgan fingerprint density at radius 2 is 2.00 bits per heavy atom. The van der Waals surface area contributed by atoms with Gasteiger partial charge in [0.15, 0.2) is 0 Å². The van der Waals surface area contributed by atoms with Crippen molar-refractivity contribution in [2.45, 2.75) is 0 Å². The maximum Gasteiger partial charge on any atom is 0.140 e. The summed E-state index contributed by atoms with van der Waals surface area (Å²) in [5.74, 6) is 0.292. The third-order valence-corrected chi connectivity index (χ3v) is 1.71. The zero-order valence-corrected chi connectivity index (χ0v) is 5.30. The Hall–Kier alpha value is 0.380. The second kappa shape index (κ2) is 3.57. The Morgan fingerprint density at radius 3 is 2.00 bits per heavy atom. The Morgan fingerprint density at radius 1 is 1.50 bits per heavy atom. The van der Waals surface area contributed by atoms with E-state index >= 15 is 0 Å². The van der Waals surface area contributed by atoms with Crippen molar-refractivity contribution in [3.05, 3.63) is 0 Å². The van der Waals surface area contributed by atoms with Crippen molar-refractivity contribution in [1.29, 1.82) is 0 Å². The molecule has 0 aliphatic rings. The summed E-state index contributed by atoms with van der Waals surface area (Å²) in [6, 6.07) is 0. The van der Waals surface area contributed by atoms with Gasteiger partial charge in [-0.3, -0.25) is 0 Å². The fourth-order valence-corrected chi connectivity index (χ4v) is 0.949. The zero-order chi connectivity index (χ0) is 4.99. The van der Waals surface area contributed by atoms with Crippen molar-refractivity contribution < 1.29 is 8.42 Å². The Bertz CT molecular complexity index is 79.5. The van der Waals surface area contributed by atoms with Crippen molar-refractivity contribution >= 4 is 19.9 Å². The first-order valence-corrected chi connectivity index (χ1v) is 3.77. The standard InChI is InChI=1S/C2H7O2PS/c3-6(4)2-1-5/h6H,1-2,5H2. The third-order valence-electron chi connectivity index (χ3n) is 0.312. The van der Waals surface area contributed by atoms with E-state index < -0.39 is 10.7 Å². The molecule has 1 atom stereocenters. The van der Waals surface area contributed by atoms with E-state index in [2.05, 4.69) is 9.24 Å². The van der Waals surface area contributed by atoms with Gasteiger partial charge in [0.25, 0.3) is 0 Å². The zero-order valence-electron chi connectivity index (χ0n) is 3.26. The first-order chi connectivity index (χ1) is 2.77. The molecule has 0 N–H and O–H groups in total. The maximum absolute atomic E-state index is 9.62. The normalized spacial score (nSPS) is 9.67. The van der Waals surface area contributed by atoms with E-state index in [1.54, 1.807) is 0 Å². The second-order valence-electron chi connectivity index (χ2n) is 0.845. The van der Waals surface area contributed by atoms with Crippen LogP contribution in [0.2, 0.25) is 0 Å². The molecule has 0 bridgehead atoms. The highest BCUT2D eigenvalue weighted by molar-refractivity contribution is 7.72. The van der Waals surface area contributed by atoms with E-state index in [0.29, 0.717) is 11.9 Å². The molecule has 0 aromatic carbocycles. The molecular weight excluding hydrogens is 119 g/mol. The predicted molar refractivity (Wildman–Crippen MR) is 29.8 cm³/mol. The smallest absolute Gasteiger partial charge is 0.140 e. The quantitative estimate of drug-likeness (QED) is 0.399. The summed E-state index contributed by atoms with van der Waals surface area (Å²) in [5, 5.41) is 0. The van der Waals surface area contributed by atoms with Crippen LogP contribution in [0.3, 0.4) is 0 Å². The van der Waals surface area contributed by atoms with Crippen LogP contribution in [0.25, 0.3) is 0 Å². The summed E-state index contributed by atoms with van der Waals surface area (Å²) in [6.07, 6.45) is 0.651. The fraction of sp³-hybridized carbons (Fsp3) is 1.00. The van der Waals surface area contributed by atoms with Crippen LogP contribution in [0.5, 0.6) is 0 Å². The summed E-state index contributed by atoms with van der Waals surface area (Å²) in [4.78, 5) is 0. The van der Waals surface area contributed by atoms with Gasteiger partial charge in [-0.2, -0.15) is 0 Å². The minimum absolute atomic E-state index is 0.292. The predicted octanol–water partition coefficient (Wildman–Crippen LogP) is -0.527. The van der Waals surface area contributed by atoms with Gasteiger partial charge >= 0.3 is 0 Å². The second-order valence-corrected chi connectivity index (χ2v) is 2.54. The van der Waals surface area contributed by atoms with Crippen molar-refractivity contribution in [2.24, 2.45) is 0 Å². The molecule has 0 fully saturated rings. The molecule has 0 heterocycles. The molecule has 0 amide bonds. The van der Waals surface area contributed by atoms with Crippen molar-refractivity contribution in [2.75, 3.05) is 11.9 Å². The van der Waals surface area contributed by atoms with Crippen LogP contribution in [-0.2, 0) is 10.7 Å². The Balaban J connectivity index is 3.07. The number of hydrogen-bond donors (Lipinski definition) is 1. The van der Waals surface area contributed by atoms with E-state index in [9.17, 15) is 8.42 Å². The molecule has 4 heteroatoms. The fourth-order valence-electron chi connectivity index (χ4n) is 0.105. The van der Waals surface area contributed by atoms with Crippen molar-refractivity contribution in [1.82, 2.24) is 0 Å². The number of rotatable bonds is 2. The van der Waals surface area contributed by atoms with E-state index in [1.807, 2.05) is 0 Å². The van der Waals surface area contributed by atoms with Gasteiger partial charge in [0.2, 0.25) is 0 Å². The van der Waals surface area contributed by atoms with Gasteiger partial charge in [-0.05, 0) is 6.16 Å². The van der Waals surface area contributed by atoms with Gasteiger partial charge in [-0.25, -0.2) is 8.42 Å². The van der Waals surface area contributed by atoms with Crippen LogP contribution in [0.4, 0.5) is 0 Å². The van der Waals surface area contributed by atoms with Crippen LogP contribution in [0, 0.1) is 0 Å². The third kappa shape index (κ3) is 4.38. The first-order valence-electron chi connectivity index (χ1n) is 1.59. The molecular formula is C2H7O2PS. The summed E-state index contributed by atoms with van der Waals surface area (Å²) < 4.78 is 19.2. The summed E-state index contributed by atoms with van der Waals surface area (Å²) in [6.45, 7) is 0. The maximum atomic E-state index is 9.62. The monoisotopic (exact) mass is 126 g/mol. The molecule has 2 nitrogen and oxygen atoms in total. The van der Waals surface area contributed by atoms with Gasteiger partial charge in [-0.1, -0.05) is 0 Å². The van der Waals surface area contributed by atoms with Crippen molar-refractivity contribution in [3.8, 4) is 0 Å². The molecule has 0 radical (unpaired) electrons. The lowest BCUT2D eigenvalue weighted by Gasteiger charge is -1.72. The van der Waals surface area contributed by atoms with E-state index in [-0.39, 0.29) is 0 Å².